The van der Waals surface area contributed by atoms with Crippen molar-refractivity contribution in [3.8, 4) is 12.0 Å². The molecule has 2 aromatic rings. The van der Waals surface area contributed by atoms with E-state index in [1.807, 2.05) is 19.1 Å². The second-order valence-electron chi connectivity index (χ2n) is 6.30. The number of aromatic nitrogens is 1. The molecule has 0 atom stereocenters. The molecule has 136 valence electrons. The molecule has 0 bridgehead atoms. The number of hydrogen-bond acceptors (Lipinski definition) is 4. The van der Waals surface area contributed by atoms with E-state index >= 15 is 0 Å². The first-order chi connectivity index (χ1) is 12.6. The van der Waals surface area contributed by atoms with E-state index in [0.29, 0.717) is 49.8 Å². The summed E-state index contributed by atoms with van der Waals surface area (Å²) in [5.41, 5.74) is 0.556. The molecule has 0 aromatic carbocycles. The second kappa shape index (κ2) is 7.48. The molecule has 0 N–H and O–H groups in total. The highest BCUT2D eigenvalue weighted by molar-refractivity contribution is 5.98. The van der Waals surface area contributed by atoms with Gasteiger partial charge in [0.2, 0.25) is 11.8 Å². The highest BCUT2D eigenvalue weighted by Crippen LogP contribution is 2.27. The smallest absolute Gasteiger partial charge is 0.258 e. The normalized spacial score (nSPS) is 14.8. The Morgan fingerprint density at radius 1 is 1.15 bits per heavy atom. The highest BCUT2D eigenvalue weighted by atomic mass is 16.4. The van der Waals surface area contributed by atoms with E-state index in [-0.39, 0.29) is 17.4 Å². The maximum atomic E-state index is 13.1. The summed E-state index contributed by atoms with van der Waals surface area (Å²) in [4.78, 5) is 28.5. The molecule has 0 aliphatic carbocycles. The van der Waals surface area contributed by atoms with Gasteiger partial charge in [-0.25, -0.2) is 0 Å². The van der Waals surface area contributed by atoms with Crippen molar-refractivity contribution in [2.45, 2.75) is 26.7 Å². The third-order valence-electron chi connectivity index (χ3n) is 4.67. The Morgan fingerprint density at radius 2 is 1.81 bits per heavy atom. The van der Waals surface area contributed by atoms with E-state index in [0.717, 1.165) is 6.42 Å². The summed E-state index contributed by atoms with van der Waals surface area (Å²) in [7, 11) is 0. The predicted molar refractivity (Wildman–Crippen MR) is 94.9 cm³/mol. The van der Waals surface area contributed by atoms with E-state index in [9.17, 15) is 14.9 Å². The molecule has 2 amide bonds. The zero-order chi connectivity index (χ0) is 18.7. The van der Waals surface area contributed by atoms with Crippen molar-refractivity contribution in [3.63, 3.8) is 0 Å². The SMILES string of the molecule is CCC(=O)N1CCCN(C(=O)c2c(C)oc(-n3cccc3)c2C#N)CC1. The van der Waals surface area contributed by atoms with Crippen LogP contribution in [0.2, 0.25) is 0 Å². The van der Waals surface area contributed by atoms with Crippen LogP contribution in [0.15, 0.2) is 28.9 Å². The first-order valence-electron chi connectivity index (χ1n) is 8.80. The van der Waals surface area contributed by atoms with E-state index in [1.165, 1.54) is 0 Å². The molecule has 1 saturated heterocycles. The van der Waals surface area contributed by atoms with Gasteiger partial charge in [-0.1, -0.05) is 6.92 Å². The Balaban J connectivity index is 1.86. The fourth-order valence-corrected chi connectivity index (χ4v) is 3.29. The molecule has 26 heavy (non-hydrogen) atoms. The standard InChI is InChI=1S/C19H22N4O3/c1-3-16(24)21-9-6-10-22(12-11-21)18(25)17-14(2)26-19(15(17)13-20)23-7-4-5-8-23/h4-5,7-8H,3,6,9-12H2,1-2H3. The lowest BCUT2D eigenvalue weighted by molar-refractivity contribution is -0.130. The van der Waals surface area contributed by atoms with Crippen LogP contribution in [0.4, 0.5) is 0 Å². The third-order valence-corrected chi connectivity index (χ3v) is 4.67. The molecule has 1 aliphatic heterocycles. The Hall–Kier alpha value is -3.01. The second-order valence-corrected chi connectivity index (χ2v) is 6.30. The van der Waals surface area contributed by atoms with Crippen molar-refractivity contribution in [1.29, 1.82) is 5.26 Å². The van der Waals surface area contributed by atoms with Crippen LogP contribution in [0.5, 0.6) is 0 Å². The Morgan fingerprint density at radius 3 is 2.46 bits per heavy atom. The topological polar surface area (TPSA) is 82.5 Å². The van der Waals surface area contributed by atoms with Gasteiger partial charge in [-0.3, -0.25) is 14.2 Å². The fourth-order valence-electron chi connectivity index (χ4n) is 3.29. The lowest BCUT2D eigenvalue weighted by Gasteiger charge is -2.21. The zero-order valence-corrected chi connectivity index (χ0v) is 15.1. The van der Waals surface area contributed by atoms with Gasteiger partial charge in [-0.2, -0.15) is 5.26 Å². The zero-order valence-electron chi connectivity index (χ0n) is 15.1. The number of nitrogens with zero attached hydrogens (tertiary/aromatic N) is 4. The summed E-state index contributed by atoms with van der Waals surface area (Å²) < 4.78 is 7.42. The molecule has 0 spiro atoms. The predicted octanol–water partition coefficient (Wildman–Crippen LogP) is 2.33. The number of amides is 2. The molecular formula is C19H22N4O3. The molecule has 1 aliphatic rings. The van der Waals surface area contributed by atoms with Gasteiger partial charge in [0.1, 0.15) is 23.0 Å². The van der Waals surface area contributed by atoms with Crippen LogP contribution < -0.4 is 0 Å². The lowest BCUT2D eigenvalue weighted by atomic mass is 10.1. The molecule has 2 aromatic heterocycles. The van der Waals surface area contributed by atoms with Crippen LogP contribution in [0.1, 0.15) is 41.4 Å². The fraction of sp³-hybridized carbons (Fsp3) is 0.421. The molecule has 3 heterocycles. The van der Waals surface area contributed by atoms with Crippen molar-refractivity contribution >= 4 is 11.8 Å². The highest BCUT2D eigenvalue weighted by Gasteiger charge is 2.29. The first-order valence-corrected chi connectivity index (χ1v) is 8.80. The maximum absolute atomic E-state index is 13.1. The van der Waals surface area contributed by atoms with Gasteiger partial charge in [0.05, 0.1) is 0 Å². The molecule has 3 rings (SSSR count). The van der Waals surface area contributed by atoms with Crippen LogP contribution >= 0.6 is 0 Å². The van der Waals surface area contributed by atoms with Crippen LogP contribution in [0.3, 0.4) is 0 Å². The minimum Gasteiger partial charge on any atom is -0.443 e. The minimum atomic E-state index is -0.216. The largest absolute Gasteiger partial charge is 0.443 e. The van der Waals surface area contributed by atoms with Crippen molar-refractivity contribution in [3.05, 3.63) is 41.4 Å². The van der Waals surface area contributed by atoms with Gasteiger partial charge in [0, 0.05) is 45.0 Å². The first kappa shape index (κ1) is 17.8. The van der Waals surface area contributed by atoms with E-state index in [2.05, 4.69) is 6.07 Å². The Labute approximate surface area is 152 Å². The number of nitriles is 1. The molecule has 7 nitrogen and oxygen atoms in total. The Bertz CT molecular complexity index is 845. The molecule has 1 fully saturated rings. The quantitative estimate of drug-likeness (QED) is 0.847. The van der Waals surface area contributed by atoms with Gasteiger partial charge in [0.25, 0.3) is 5.91 Å². The van der Waals surface area contributed by atoms with Crippen molar-refractivity contribution in [2.75, 3.05) is 26.2 Å². The molecule has 7 heteroatoms. The lowest BCUT2D eigenvalue weighted by Crippen LogP contribution is -2.37. The van der Waals surface area contributed by atoms with Crippen molar-refractivity contribution < 1.29 is 14.0 Å². The Kier molecular flexibility index (Phi) is 5.12. The molecule has 0 saturated carbocycles. The number of carbonyl (C=O) groups excluding carboxylic acids is 2. The van der Waals surface area contributed by atoms with Gasteiger partial charge in [-0.15, -0.1) is 0 Å². The van der Waals surface area contributed by atoms with Gasteiger partial charge in [-0.05, 0) is 25.5 Å². The summed E-state index contributed by atoms with van der Waals surface area (Å²) in [5, 5.41) is 9.61. The van der Waals surface area contributed by atoms with Gasteiger partial charge >= 0.3 is 0 Å². The summed E-state index contributed by atoms with van der Waals surface area (Å²) in [5.74, 6) is 0.676. The van der Waals surface area contributed by atoms with Crippen LogP contribution in [0.25, 0.3) is 5.88 Å². The number of carbonyl (C=O) groups is 2. The van der Waals surface area contributed by atoms with Crippen LogP contribution in [0, 0.1) is 18.3 Å². The summed E-state index contributed by atoms with van der Waals surface area (Å²) in [6.07, 6.45) is 4.73. The number of hydrogen-bond donors (Lipinski definition) is 0. The van der Waals surface area contributed by atoms with Crippen molar-refractivity contribution in [1.82, 2.24) is 14.4 Å². The number of furan rings is 1. The summed E-state index contributed by atoms with van der Waals surface area (Å²) in [6.45, 7) is 5.72. The van der Waals surface area contributed by atoms with Crippen LogP contribution in [-0.2, 0) is 4.79 Å². The summed E-state index contributed by atoms with van der Waals surface area (Å²) in [6, 6.07) is 5.77. The molecule has 0 unspecified atom stereocenters. The minimum absolute atomic E-state index is 0.103. The van der Waals surface area contributed by atoms with Gasteiger partial charge < -0.3 is 14.2 Å². The van der Waals surface area contributed by atoms with Crippen LogP contribution in [-0.4, -0.2) is 52.4 Å². The van der Waals surface area contributed by atoms with Crippen molar-refractivity contribution in [2.24, 2.45) is 0 Å². The van der Waals surface area contributed by atoms with Gasteiger partial charge in [0.15, 0.2) is 0 Å². The van der Waals surface area contributed by atoms with E-state index < -0.39 is 0 Å². The monoisotopic (exact) mass is 354 g/mol. The number of rotatable bonds is 3. The van der Waals surface area contributed by atoms with E-state index in [4.69, 9.17) is 4.42 Å². The van der Waals surface area contributed by atoms with E-state index in [1.54, 1.807) is 33.7 Å². The maximum Gasteiger partial charge on any atom is 0.258 e. The third kappa shape index (κ3) is 3.23. The summed E-state index contributed by atoms with van der Waals surface area (Å²) >= 11 is 0. The molecule has 0 radical (unpaired) electrons. The average Bonchev–Trinajstić information content (AvgIpc) is 3.21. The average molecular weight is 354 g/mol. The number of aryl methyl sites for hydroxylation is 1. The molecular weight excluding hydrogens is 332 g/mol.